The maximum Gasteiger partial charge on any atom is 0.243 e. The molecule has 0 bridgehead atoms. The molecule has 0 atom stereocenters. The zero-order valence-electron chi connectivity index (χ0n) is 16.3. The number of hydrogen-bond donors (Lipinski definition) is 0. The first-order valence-electron chi connectivity index (χ1n) is 9.61. The summed E-state index contributed by atoms with van der Waals surface area (Å²) in [7, 11) is -3.70. The molecule has 0 aliphatic rings. The van der Waals surface area contributed by atoms with Crippen LogP contribution < -0.4 is 0 Å². The maximum absolute atomic E-state index is 13.6. The third-order valence-electron chi connectivity index (χ3n) is 5.00. The van der Waals surface area contributed by atoms with Crippen molar-refractivity contribution in [3.05, 3.63) is 96.3 Å². The lowest BCUT2D eigenvalue weighted by Crippen LogP contribution is -2.31. The number of benzene rings is 3. The molecule has 0 unspecified atom stereocenters. The summed E-state index contributed by atoms with van der Waals surface area (Å²) in [6.07, 6.45) is 1.71. The minimum absolute atomic E-state index is 0.262. The van der Waals surface area contributed by atoms with E-state index in [1.54, 1.807) is 18.3 Å². The zero-order chi connectivity index (χ0) is 20.3. The van der Waals surface area contributed by atoms with Gasteiger partial charge in [0.2, 0.25) is 10.0 Å². The Bertz CT molecular complexity index is 1220. The zero-order valence-corrected chi connectivity index (χ0v) is 17.1. The smallest absolute Gasteiger partial charge is 0.243 e. The summed E-state index contributed by atoms with van der Waals surface area (Å²) >= 11 is 0. The van der Waals surface area contributed by atoms with Crippen LogP contribution in [0.15, 0.2) is 90.0 Å². The second-order valence-corrected chi connectivity index (χ2v) is 8.84. The Morgan fingerprint density at radius 1 is 0.862 bits per heavy atom. The number of aromatic nitrogens is 2. The van der Waals surface area contributed by atoms with Crippen LogP contribution in [0.4, 0.5) is 0 Å². The first-order valence-corrected chi connectivity index (χ1v) is 11.1. The Morgan fingerprint density at radius 3 is 2.34 bits per heavy atom. The fourth-order valence-corrected chi connectivity index (χ4v) is 4.88. The van der Waals surface area contributed by atoms with Crippen molar-refractivity contribution in [1.29, 1.82) is 0 Å². The van der Waals surface area contributed by atoms with E-state index in [2.05, 4.69) is 5.10 Å². The molecule has 1 aromatic heterocycles. The molecule has 6 heteroatoms. The van der Waals surface area contributed by atoms with E-state index in [-0.39, 0.29) is 6.54 Å². The van der Waals surface area contributed by atoms with E-state index in [4.69, 9.17) is 0 Å². The van der Waals surface area contributed by atoms with Crippen LogP contribution in [0.25, 0.3) is 10.8 Å². The van der Waals surface area contributed by atoms with Crippen molar-refractivity contribution in [2.45, 2.75) is 31.5 Å². The Balaban J connectivity index is 1.75. The Labute approximate surface area is 171 Å². The number of sulfonamides is 1. The van der Waals surface area contributed by atoms with Crippen LogP contribution in [0.2, 0.25) is 0 Å². The predicted molar refractivity (Wildman–Crippen MR) is 115 cm³/mol. The van der Waals surface area contributed by atoms with Gasteiger partial charge in [-0.1, -0.05) is 60.7 Å². The lowest BCUT2D eigenvalue weighted by atomic mass is 10.1. The van der Waals surface area contributed by atoms with Crippen LogP contribution in [-0.4, -0.2) is 22.5 Å². The molecule has 148 valence electrons. The standard InChI is InChI=1S/C23H23N3O2S/c1-2-26-22(14-15-24-26)18-25(17-19-8-4-3-5-9-19)29(27,28)23-13-12-20-10-6-7-11-21(20)16-23/h3-16H,2,17-18H2,1H3. The van der Waals surface area contributed by atoms with E-state index in [9.17, 15) is 8.42 Å². The molecule has 4 aromatic rings. The van der Waals surface area contributed by atoms with E-state index in [0.717, 1.165) is 22.0 Å². The highest BCUT2D eigenvalue weighted by Crippen LogP contribution is 2.25. The van der Waals surface area contributed by atoms with Crippen molar-refractivity contribution in [2.75, 3.05) is 0 Å². The first kappa shape index (κ1) is 19.4. The van der Waals surface area contributed by atoms with Gasteiger partial charge in [-0.05, 0) is 41.5 Å². The SMILES string of the molecule is CCn1nccc1CN(Cc1ccccc1)S(=O)(=O)c1ccc2ccccc2c1. The normalized spacial score (nSPS) is 11.9. The summed E-state index contributed by atoms with van der Waals surface area (Å²) in [5, 5.41) is 6.21. The monoisotopic (exact) mass is 405 g/mol. The van der Waals surface area contributed by atoms with Crippen LogP contribution in [0, 0.1) is 0 Å². The average Bonchev–Trinajstić information content (AvgIpc) is 3.21. The van der Waals surface area contributed by atoms with Crippen molar-refractivity contribution < 1.29 is 8.42 Å². The van der Waals surface area contributed by atoms with E-state index in [0.29, 0.717) is 18.0 Å². The van der Waals surface area contributed by atoms with Gasteiger partial charge < -0.3 is 0 Å². The number of nitrogens with zero attached hydrogens (tertiary/aromatic N) is 3. The molecular formula is C23H23N3O2S. The Morgan fingerprint density at radius 2 is 1.59 bits per heavy atom. The van der Waals surface area contributed by atoms with Gasteiger partial charge in [-0.15, -0.1) is 0 Å². The molecule has 0 N–H and O–H groups in total. The van der Waals surface area contributed by atoms with Crippen molar-refractivity contribution in [2.24, 2.45) is 0 Å². The number of rotatable bonds is 7. The highest BCUT2D eigenvalue weighted by Gasteiger charge is 2.26. The lowest BCUT2D eigenvalue weighted by Gasteiger charge is -2.23. The Hall–Kier alpha value is -2.96. The van der Waals surface area contributed by atoms with Crippen molar-refractivity contribution in [1.82, 2.24) is 14.1 Å². The molecule has 0 aliphatic heterocycles. The molecule has 0 radical (unpaired) electrons. The van der Waals surface area contributed by atoms with Crippen LogP contribution in [-0.2, 0) is 29.7 Å². The van der Waals surface area contributed by atoms with Crippen molar-refractivity contribution in [3.8, 4) is 0 Å². The van der Waals surface area contributed by atoms with Crippen LogP contribution >= 0.6 is 0 Å². The Kier molecular flexibility index (Phi) is 5.47. The molecular weight excluding hydrogens is 382 g/mol. The molecule has 0 amide bonds. The molecule has 0 spiro atoms. The van der Waals surface area contributed by atoms with Gasteiger partial charge in [0.15, 0.2) is 0 Å². The third-order valence-corrected chi connectivity index (χ3v) is 6.79. The van der Waals surface area contributed by atoms with Gasteiger partial charge in [0.25, 0.3) is 0 Å². The minimum Gasteiger partial charge on any atom is -0.269 e. The fourth-order valence-electron chi connectivity index (χ4n) is 3.45. The topological polar surface area (TPSA) is 55.2 Å². The summed E-state index contributed by atoms with van der Waals surface area (Å²) in [6.45, 7) is 3.25. The maximum atomic E-state index is 13.6. The van der Waals surface area contributed by atoms with Gasteiger partial charge in [0.1, 0.15) is 0 Å². The predicted octanol–water partition coefficient (Wildman–Crippen LogP) is 4.45. The number of fused-ring (bicyclic) bond motifs is 1. The molecule has 1 heterocycles. The van der Waals surface area contributed by atoms with E-state index < -0.39 is 10.0 Å². The molecule has 0 fully saturated rings. The lowest BCUT2D eigenvalue weighted by molar-refractivity contribution is 0.386. The second kappa shape index (κ2) is 8.19. The van der Waals surface area contributed by atoms with E-state index in [1.807, 2.05) is 78.3 Å². The first-order chi connectivity index (χ1) is 14.1. The molecule has 0 aliphatic carbocycles. The summed E-state index contributed by atoms with van der Waals surface area (Å²) in [5.74, 6) is 0. The summed E-state index contributed by atoms with van der Waals surface area (Å²) < 4.78 is 30.6. The van der Waals surface area contributed by atoms with Gasteiger partial charge in [-0.3, -0.25) is 4.68 Å². The summed E-state index contributed by atoms with van der Waals surface area (Å²) in [4.78, 5) is 0.301. The quantitative estimate of drug-likeness (QED) is 0.457. The van der Waals surface area contributed by atoms with Gasteiger partial charge in [0, 0.05) is 19.3 Å². The molecule has 29 heavy (non-hydrogen) atoms. The van der Waals surface area contributed by atoms with Gasteiger partial charge >= 0.3 is 0 Å². The van der Waals surface area contributed by atoms with Crippen LogP contribution in [0.1, 0.15) is 18.2 Å². The van der Waals surface area contributed by atoms with Crippen molar-refractivity contribution >= 4 is 20.8 Å². The summed E-state index contributed by atoms with van der Waals surface area (Å²) in [6, 6.07) is 24.6. The van der Waals surface area contributed by atoms with Gasteiger partial charge in [-0.25, -0.2) is 8.42 Å². The largest absolute Gasteiger partial charge is 0.269 e. The number of hydrogen-bond acceptors (Lipinski definition) is 3. The minimum atomic E-state index is -3.70. The fraction of sp³-hybridized carbons (Fsp3) is 0.174. The molecule has 3 aromatic carbocycles. The van der Waals surface area contributed by atoms with E-state index >= 15 is 0 Å². The third kappa shape index (κ3) is 4.09. The van der Waals surface area contributed by atoms with Crippen LogP contribution in [0.3, 0.4) is 0 Å². The highest BCUT2D eigenvalue weighted by molar-refractivity contribution is 7.89. The van der Waals surface area contributed by atoms with E-state index in [1.165, 1.54) is 4.31 Å². The molecule has 0 saturated carbocycles. The second-order valence-electron chi connectivity index (χ2n) is 6.91. The van der Waals surface area contributed by atoms with Gasteiger partial charge in [-0.2, -0.15) is 9.40 Å². The molecule has 5 nitrogen and oxygen atoms in total. The summed E-state index contributed by atoms with van der Waals surface area (Å²) in [5.41, 5.74) is 1.81. The average molecular weight is 406 g/mol. The number of aryl methyl sites for hydroxylation is 1. The van der Waals surface area contributed by atoms with Crippen LogP contribution in [0.5, 0.6) is 0 Å². The molecule has 0 saturated heterocycles. The highest BCUT2D eigenvalue weighted by atomic mass is 32.2. The molecule has 4 rings (SSSR count). The van der Waals surface area contributed by atoms with Crippen molar-refractivity contribution in [3.63, 3.8) is 0 Å². The van der Waals surface area contributed by atoms with Gasteiger partial charge in [0.05, 0.1) is 17.1 Å².